The number of ether oxygens (including phenoxy) is 1. The largest absolute Gasteiger partial charge is 0.379 e. The fourth-order valence-corrected chi connectivity index (χ4v) is 1.43. The minimum atomic E-state index is -0.240. The summed E-state index contributed by atoms with van der Waals surface area (Å²) in [5.74, 6) is 0. The van der Waals surface area contributed by atoms with E-state index in [0.717, 1.165) is 5.69 Å². The Morgan fingerprint density at radius 1 is 1.40 bits per heavy atom. The van der Waals surface area contributed by atoms with Crippen molar-refractivity contribution in [3.8, 4) is 0 Å². The summed E-state index contributed by atoms with van der Waals surface area (Å²) < 4.78 is 5.34. The van der Waals surface area contributed by atoms with Gasteiger partial charge in [-0.1, -0.05) is 18.2 Å². The standard InChI is InChI=1S/C12H20N2O/c1-10(15-3)12(2,9-13)14-11-7-5-4-6-8-11/h4-8,10,14H,9,13H2,1-3H3. The van der Waals surface area contributed by atoms with Gasteiger partial charge in [0.15, 0.2) is 0 Å². The van der Waals surface area contributed by atoms with Crippen LogP contribution < -0.4 is 11.1 Å². The smallest absolute Gasteiger partial charge is 0.0782 e. The normalized spacial score (nSPS) is 16.8. The summed E-state index contributed by atoms with van der Waals surface area (Å²) >= 11 is 0. The second kappa shape index (κ2) is 5.14. The zero-order valence-electron chi connectivity index (χ0n) is 9.66. The molecule has 2 atom stereocenters. The third-order valence-corrected chi connectivity index (χ3v) is 2.88. The van der Waals surface area contributed by atoms with Crippen molar-refractivity contribution in [1.29, 1.82) is 0 Å². The topological polar surface area (TPSA) is 47.3 Å². The van der Waals surface area contributed by atoms with E-state index in [2.05, 4.69) is 12.2 Å². The monoisotopic (exact) mass is 208 g/mol. The molecule has 0 spiro atoms. The first-order chi connectivity index (χ1) is 7.12. The lowest BCUT2D eigenvalue weighted by Gasteiger charge is -2.35. The fraction of sp³-hybridized carbons (Fsp3) is 0.500. The van der Waals surface area contributed by atoms with E-state index in [1.165, 1.54) is 0 Å². The number of nitrogens with two attached hydrogens (primary N) is 1. The molecule has 3 N–H and O–H groups in total. The first-order valence-electron chi connectivity index (χ1n) is 5.18. The van der Waals surface area contributed by atoms with Crippen molar-refractivity contribution in [1.82, 2.24) is 0 Å². The minimum absolute atomic E-state index is 0.0581. The lowest BCUT2D eigenvalue weighted by atomic mass is 9.95. The molecule has 15 heavy (non-hydrogen) atoms. The van der Waals surface area contributed by atoms with Gasteiger partial charge in [0.05, 0.1) is 11.6 Å². The van der Waals surface area contributed by atoms with Crippen LogP contribution in [0.2, 0.25) is 0 Å². The molecule has 1 aromatic rings. The predicted molar refractivity (Wildman–Crippen MR) is 64.0 cm³/mol. The van der Waals surface area contributed by atoms with E-state index in [1.54, 1.807) is 7.11 Å². The number of hydrogen-bond acceptors (Lipinski definition) is 3. The molecule has 0 bridgehead atoms. The van der Waals surface area contributed by atoms with Gasteiger partial charge in [0.1, 0.15) is 0 Å². The van der Waals surface area contributed by atoms with Gasteiger partial charge >= 0.3 is 0 Å². The zero-order chi connectivity index (χ0) is 11.3. The molecule has 0 aliphatic rings. The molecule has 0 saturated heterocycles. The van der Waals surface area contributed by atoms with Crippen molar-refractivity contribution in [2.75, 3.05) is 19.0 Å². The van der Waals surface area contributed by atoms with Crippen LogP contribution in [-0.2, 0) is 4.74 Å². The second-order valence-electron chi connectivity index (χ2n) is 3.99. The average molecular weight is 208 g/mol. The van der Waals surface area contributed by atoms with Crippen molar-refractivity contribution in [2.24, 2.45) is 5.73 Å². The van der Waals surface area contributed by atoms with E-state index in [4.69, 9.17) is 10.5 Å². The molecule has 0 aliphatic heterocycles. The molecular weight excluding hydrogens is 188 g/mol. The summed E-state index contributed by atoms with van der Waals surface area (Å²) in [5, 5.41) is 3.41. The molecule has 3 heteroatoms. The Bertz CT molecular complexity index is 289. The lowest BCUT2D eigenvalue weighted by Crippen LogP contribution is -2.51. The molecule has 0 aliphatic carbocycles. The molecule has 0 amide bonds. The maximum atomic E-state index is 5.79. The molecule has 1 aromatic carbocycles. The summed E-state index contributed by atoms with van der Waals surface area (Å²) in [6, 6.07) is 10.0. The van der Waals surface area contributed by atoms with Gasteiger partial charge in [-0.2, -0.15) is 0 Å². The number of para-hydroxylation sites is 1. The number of anilines is 1. The van der Waals surface area contributed by atoms with Gasteiger partial charge in [-0.15, -0.1) is 0 Å². The number of hydrogen-bond donors (Lipinski definition) is 2. The average Bonchev–Trinajstić information content (AvgIpc) is 2.29. The van der Waals surface area contributed by atoms with Crippen LogP contribution in [0, 0.1) is 0 Å². The first kappa shape index (κ1) is 12.0. The molecular formula is C12H20N2O. The molecule has 0 radical (unpaired) electrons. The Labute approximate surface area is 91.6 Å². The Hall–Kier alpha value is -1.06. The van der Waals surface area contributed by atoms with Gasteiger partial charge in [-0.25, -0.2) is 0 Å². The minimum Gasteiger partial charge on any atom is -0.379 e. The van der Waals surface area contributed by atoms with E-state index in [1.807, 2.05) is 37.3 Å². The lowest BCUT2D eigenvalue weighted by molar-refractivity contribution is 0.0688. The first-order valence-corrected chi connectivity index (χ1v) is 5.18. The van der Waals surface area contributed by atoms with Crippen molar-refractivity contribution in [3.63, 3.8) is 0 Å². The van der Waals surface area contributed by atoms with Crippen LogP contribution >= 0.6 is 0 Å². The van der Waals surface area contributed by atoms with E-state index in [9.17, 15) is 0 Å². The summed E-state index contributed by atoms with van der Waals surface area (Å²) in [5.41, 5.74) is 6.61. The Morgan fingerprint density at radius 2 is 2.00 bits per heavy atom. The highest BCUT2D eigenvalue weighted by molar-refractivity contribution is 5.45. The highest BCUT2D eigenvalue weighted by Gasteiger charge is 2.29. The van der Waals surface area contributed by atoms with Crippen LogP contribution in [0.3, 0.4) is 0 Å². The van der Waals surface area contributed by atoms with Gasteiger partial charge in [-0.05, 0) is 26.0 Å². The van der Waals surface area contributed by atoms with Gasteiger partial charge in [0.25, 0.3) is 0 Å². The van der Waals surface area contributed by atoms with Crippen LogP contribution in [0.5, 0.6) is 0 Å². The quantitative estimate of drug-likeness (QED) is 0.776. The van der Waals surface area contributed by atoms with Crippen molar-refractivity contribution < 1.29 is 4.74 Å². The summed E-state index contributed by atoms with van der Waals surface area (Å²) in [7, 11) is 1.70. The van der Waals surface area contributed by atoms with Crippen molar-refractivity contribution >= 4 is 5.69 Å². The maximum absolute atomic E-state index is 5.79. The van der Waals surface area contributed by atoms with E-state index >= 15 is 0 Å². The molecule has 0 heterocycles. The van der Waals surface area contributed by atoms with Crippen molar-refractivity contribution in [2.45, 2.75) is 25.5 Å². The Kier molecular flexibility index (Phi) is 4.12. The Morgan fingerprint density at radius 3 is 2.47 bits per heavy atom. The van der Waals surface area contributed by atoms with Crippen LogP contribution in [-0.4, -0.2) is 25.3 Å². The van der Waals surface area contributed by atoms with Crippen molar-refractivity contribution in [3.05, 3.63) is 30.3 Å². The summed E-state index contributed by atoms with van der Waals surface area (Å²) in [6.07, 6.45) is 0.0581. The van der Waals surface area contributed by atoms with Gasteiger partial charge in [-0.3, -0.25) is 0 Å². The molecule has 2 unspecified atom stereocenters. The fourth-order valence-electron chi connectivity index (χ4n) is 1.43. The van der Waals surface area contributed by atoms with Gasteiger partial charge in [0.2, 0.25) is 0 Å². The maximum Gasteiger partial charge on any atom is 0.0782 e. The molecule has 3 nitrogen and oxygen atoms in total. The van der Waals surface area contributed by atoms with E-state index < -0.39 is 0 Å². The highest BCUT2D eigenvalue weighted by Crippen LogP contribution is 2.19. The zero-order valence-corrected chi connectivity index (χ0v) is 9.66. The SMILES string of the molecule is COC(C)C(C)(CN)Nc1ccccc1. The van der Waals surface area contributed by atoms with Crippen LogP contribution in [0.15, 0.2) is 30.3 Å². The summed E-state index contributed by atoms with van der Waals surface area (Å²) in [6.45, 7) is 4.61. The molecule has 0 fully saturated rings. The van der Waals surface area contributed by atoms with Crippen LogP contribution in [0.25, 0.3) is 0 Å². The highest BCUT2D eigenvalue weighted by atomic mass is 16.5. The third kappa shape index (κ3) is 2.94. The molecule has 0 aromatic heterocycles. The van der Waals surface area contributed by atoms with Crippen LogP contribution in [0.1, 0.15) is 13.8 Å². The van der Waals surface area contributed by atoms with Gasteiger partial charge < -0.3 is 15.8 Å². The van der Waals surface area contributed by atoms with E-state index in [-0.39, 0.29) is 11.6 Å². The van der Waals surface area contributed by atoms with E-state index in [0.29, 0.717) is 6.54 Å². The predicted octanol–water partition coefficient (Wildman–Crippen LogP) is 1.85. The third-order valence-electron chi connectivity index (χ3n) is 2.88. The number of rotatable bonds is 5. The summed E-state index contributed by atoms with van der Waals surface area (Å²) in [4.78, 5) is 0. The van der Waals surface area contributed by atoms with Crippen LogP contribution in [0.4, 0.5) is 5.69 Å². The molecule has 84 valence electrons. The molecule has 0 saturated carbocycles. The second-order valence-corrected chi connectivity index (χ2v) is 3.99. The number of nitrogens with one attached hydrogen (secondary N) is 1. The number of methoxy groups -OCH3 is 1. The Balaban J connectivity index is 2.77. The number of benzene rings is 1. The molecule has 1 rings (SSSR count). The van der Waals surface area contributed by atoms with Gasteiger partial charge in [0, 0.05) is 19.3 Å².